The molecule has 0 spiro atoms. The molecule has 1 atom stereocenters. The summed E-state index contributed by atoms with van der Waals surface area (Å²) in [5.74, 6) is 0.533. The molecule has 3 nitrogen and oxygen atoms in total. The molecule has 0 bridgehead atoms. The molecule has 3 heteroatoms. The van der Waals surface area contributed by atoms with Crippen LogP contribution in [-0.2, 0) is 0 Å². The SMILES string of the molecule is CC(Nc1cccnc1N)c1ccccc1. The first-order chi connectivity index (χ1) is 7.77. The Morgan fingerprint density at radius 1 is 1.12 bits per heavy atom. The molecular weight excluding hydrogens is 198 g/mol. The summed E-state index contributed by atoms with van der Waals surface area (Å²) >= 11 is 0. The minimum atomic E-state index is 0.215. The van der Waals surface area contributed by atoms with E-state index in [1.807, 2.05) is 30.3 Å². The lowest BCUT2D eigenvalue weighted by atomic mass is 10.1. The third-order valence-corrected chi connectivity index (χ3v) is 2.51. The third kappa shape index (κ3) is 2.31. The van der Waals surface area contributed by atoms with Crippen LogP contribution in [0.3, 0.4) is 0 Å². The van der Waals surface area contributed by atoms with Crippen molar-refractivity contribution in [3.8, 4) is 0 Å². The largest absolute Gasteiger partial charge is 0.382 e. The standard InChI is InChI=1S/C13H15N3/c1-10(11-6-3-2-4-7-11)16-12-8-5-9-15-13(12)14/h2-10,16H,1H3,(H2,14,15). The summed E-state index contributed by atoms with van der Waals surface area (Å²) < 4.78 is 0. The second-order valence-corrected chi connectivity index (χ2v) is 3.71. The molecular formula is C13H15N3. The average molecular weight is 213 g/mol. The molecule has 1 aromatic carbocycles. The second kappa shape index (κ2) is 4.66. The highest BCUT2D eigenvalue weighted by Gasteiger charge is 2.06. The lowest BCUT2D eigenvalue weighted by Gasteiger charge is -2.16. The summed E-state index contributed by atoms with van der Waals surface area (Å²) in [6, 6.07) is 14.3. The molecule has 0 aliphatic carbocycles. The Balaban J connectivity index is 2.14. The minimum absolute atomic E-state index is 0.215. The Kier molecular flexibility index (Phi) is 3.05. The fourth-order valence-electron chi connectivity index (χ4n) is 1.60. The van der Waals surface area contributed by atoms with Crippen molar-refractivity contribution in [1.29, 1.82) is 0 Å². The number of nitrogen functional groups attached to an aromatic ring is 1. The van der Waals surface area contributed by atoms with Gasteiger partial charge in [0.15, 0.2) is 0 Å². The van der Waals surface area contributed by atoms with Crippen LogP contribution in [0.4, 0.5) is 11.5 Å². The number of nitrogens with two attached hydrogens (primary N) is 1. The Bertz CT molecular complexity index is 454. The van der Waals surface area contributed by atoms with Crippen molar-refractivity contribution in [2.75, 3.05) is 11.1 Å². The van der Waals surface area contributed by atoms with E-state index < -0.39 is 0 Å². The zero-order valence-corrected chi connectivity index (χ0v) is 9.22. The quantitative estimate of drug-likeness (QED) is 0.824. The molecule has 2 aromatic rings. The molecule has 0 radical (unpaired) electrons. The van der Waals surface area contributed by atoms with Crippen LogP contribution in [0, 0.1) is 0 Å². The van der Waals surface area contributed by atoms with Crippen LogP contribution in [0.25, 0.3) is 0 Å². The average Bonchev–Trinajstić information content (AvgIpc) is 2.33. The van der Waals surface area contributed by atoms with Crippen LogP contribution >= 0.6 is 0 Å². The molecule has 1 aromatic heterocycles. The first-order valence-corrected chi connectivity index (χ1v) is 5.29. The van der Waals surface area contributed by atoms with Gasteiger partial charge in [0.25, 0.3) is 0 Å². The van der Waals surface area contributed by atoms with E-state index in [0.717, 1.165) is 5.69 Å². The van der Waals surface area contributed by atoms with E-state index in [0.29, 0.717) is 5.82 Å². The zero-order chi connectivity index (χ0) is 11.4. The van der Waals surface area contributed by atoms with Crippen molar-refractivity contribution in [2.45, 2.75) is 13.0 Å². The van der Waals surface area contributed by atoms with E-state index in [-0.39, 0.29) is 6.04 Å². The van der Waals surface area contributed by atoms with Gasteiger partial charge in [-0.3, -0.25) is 0 Å². The molecule has 82 valence electrons. The van der Waals surface area contributed by atoms with E-state index in [2.05, 4.69) is 29.4 Å². The molecule has 0 aliphatic heterocycles. The van der Waals surface area contributed by atoms with Gasteiger partial charge in [0.2, 0.25) is 0 Å². The van der Waals surface area contributed by atoms with Gasteiger partial charge in [0.1, 0.15) is 5.82 Å². The van der Waals surface area contributed by atoms with Crippen molar-refractivity contribution in [2.24, 2.45) is 0 Å². The van der Waals surface area contributed by atoms with E-state index in [1.54, 1.807) is 6.20 Å². The molecule has 1 heterocycles. The topological polar surface area (TPSA) is 50.9 Å². The number of pyridine rings is 1. The van der Waals surface area contributed by atoms with Crippen LogP contribution < -0.4 is 11.1 Å². The maximum Gasteiger partial charge on any atom is 0.146 e. The van der Waals surface area contributed by atoms with Gasteiger partial charge in [-0.15, -0.1) is 0 Å². The second-order valence-electron chi connectivity index (χ2n) is 3.71. The summed E-state index contributed by atoms with van der Waals surface area (Å²) in [6.45, 7) is 2.10. The fourth-order valence-corrected chi connectivity index (χ4v) is 1.60. The summed E-state index contributed by atoms with van der Waals surface area (Å²) in [7, 11) is 0. The third-order valence-electron chi connectivity index (χ3n) is 2.51. The predicted molar refractivity (Wildman–Crippen MR) is 67.1 cm³/mol. The highest BCUT2D eigenvalue weighted by Crippen LogP contribution is 2.21. The zero-order valence-electron chi connectivity index (χ0n) is 9.22. The predicted octanol–water partition coefficient (Wildman–Crippen LogP) is 2.84. The van der Waals surface area contributed by atoms with Gasteiger partial charge in [-0.05, 0) is 24.6 Å². The van der Waals surface area contributed by atoms with Crippen molar-refractivity contribution in [3.05, 3.63) is 54.2 Å². The van der Waals surface area contributed by atoms with Gasteiger partial charge >= 0.3 is 0 Å². The number of aromatic nitrogens is 1. The van der Waals surface area contributed by atoms with Gasteiger partial charge in [0, 0.05) is 12.2 Å². The Morgan fingerprint density at radius 2 is 1.88 bits per heavy atom. The normalized spacial score (nSPS) is 12.1. The molecule has 2 rings (SSSR count). The van der Waals surface area contributed by atoms with Crippen molar-refractivity contribution in [3.63, 3.8) is 0 Å². The number of hydrogen-bond donors (Lipinski definition) is 2. The van der Waals surface area contributed by atoms with Gasteiger partial charge in [-0.1, -0.05) is 30.3 Å². The van der Waals surface area contributed by atoms with E-state index in [9.17, 15) is 0 Å². The lowest BCUT2D eigenvalue weighted by molar-refractivity contribution is 0.884. The van der Waals surface area contributed by atoms with Crippen molar-refractivity contribution >= 4 is 11.5 Å². The molecule has 16 heavy (non-hydrogen) atoms. The summed E-state index contributed by atoms with van der Waals surface area (Å²) in [5, 5.41) is 3.34. The summed E-state index contributed by atoms with van der Waals surface area (Å²) in [6.07, 6.45) is 1.69. The molecule has 0 amide bonds. The number of hydrogen-bond acceptors (Lipinski definition) is 3. The Labute approximate surface area is 95.3 Å². The number of nitrogens with zero attached hydrogens (tertiary/aromatic N) is 1. The number of nitrogens with one attached hydrogen (secondary N) is 1. The smallest absolute Gasteiger partial charge is 0.146 e. The van der Waals surface area contributed by atoms with Crippen LogP contribution in [-0.4, -0.2) is 4.98 Å². The Hall–Kier alpha value is -2.03. The highest BCUT2D eigenvalue weighted by molar-refractivity contribution is 5.61. The van der Waals surface area contributed by atoms with E-state index in [1.165, 1.54) is 5.56 Å². The Morgan fingerprint density at radius 3 is 2.56 bits per heavy atom. The fraction of sp³-hybridized carbons (Fsp3) is 0.154. The molecule has 3 N–H and O–H groups in total. The lowest BCUT2D eigenvalue weighted by Crippen LogP contribution is -2.08. The van der Waals surface area contributed by atoms with Gasteiger partial charge in [0.05, 0.1) is 5.69 Å². The monoisotopic (exact) mass is 213 g/mol. The number of rotatable bonds is 3. The molecule has 0 saturated carbocycles. The van der Waals surface area contributed by atoms with E-state index >= 15 is 0 Å². The molecule has 0 fully saturated rings. The van der Waals surface area contributed by atoms with Gasteiger partial charge in [-0.2, -0.15) is 0 Å². The molecule has 0 saturated heterocycles. The van der Waals surface area contributed by atoms with Crippen LogP contribution in [0.5, 0.6) is 0 Å². The van der Waals surface area contributed by atoms with E-state index in [4.69, 9.17) is 5.73 Å². The van der Waals surface area contributed by atoms with Gasteiger partial charge in [-0.25, -0.2) is 4.98 Å². The van der Waals surface area contributed by atoms with Crippen LogP contribution in [0.2, 0.25) is 0 Å². The number of benzene rings is 1. The maximum atomic E-state index is 5.77. The first-order valence-electron chi connectivity index (χ1n) is 5.29. The highest BCUT2D eigenvalue weighted by atomic mass is 15.0. The molecule has 1 unspecified atom stereocenters. The first kappa shape index (κ1) is 10.5. The maximum absolute atomic E-state index is 5.77. The van der Waals surface area contributed by atoms with Crippen molar-refractivity contribution < 1.29 is 0 Å². The minimum Gasteiger partial charge on any atom is -0.382 e. The van der Waals surface area contributed by atoms with Gasteiger partial charge < -0.3 is 11.1 Å². The van der Waals surface area contributed by atoms with Crippen molar-refractivity contribution in [1.82, 2.24) is 4.98 Å². The molecule has 0 aliphatic rings. The summed E-state index contributed by atoms with van der Waals surface area (Å²) in [5.41, 5.74) is 7.87. The van der Waals surface area contributed by atoms with Crippen LogP contribution in [0.15, 0.2) is 48.7 Å². The number of anilines is 2. The van der Waals surface area contributed by atoms with Crippen LogP contribution in [0.1, 0.15) is 18.5 Å². The summed E-state index contributed by atoms with van der Waals surface area (Å²) in [4.78, 5) is 4.04.